The number of carbonyl (C=O) groups excluding carboxylic acids is 1. The predicted octanol–water partition coefficient (Wildman–Crippen LogP) is 4.42. The van der Waals surface area contributed by atoms with Crippen molar-refractivity contribution in [2.24, 2.45) is 0 Å². The minimum absolute atomic E-state index is 0.124. The molecule has 2 aromatic heterocycles. The number of esters is 1. The van der Waals surface area contributed by atoms with Gasteiger partial charge < -0.3 is 9.47 Å². The number of aromatic nitrogens is 4. The average molecular weight is 451 g/mol. The van der Waals surface area contributed by atoms with Crippen LogP contribution in [0.5, 0.6) is 0 Å². The maximum absolute atomic E-state index is 11.6. The number of rotatable bonds is 5. The highest BCUT2D eigenvalue weighted by Gasteiger charge is 2.24. The molecule has 160 valence electrons. The van der Waals surface area contributed by atoms with Crippen LogP contribution in [0.15, 0.2) is 6.58 Å². The van der Waals surface area contributed by atoms with Gasteiger partial charge in [-0.1, -0.05) is 6.58 Å². The summed E-state index contributed by atoms with van der Waals surface area (Å²) in [6.45, 7) is 8.49. The van der Waals surface area contributed by atoms with Gasteiger partial charge >= 0.3 is 5.97 Å². The van der Waals surface area contributed by atoms with E-state index in [1.165, 1.54) is 0 Å². The third-order valence-corrected chi connectivity index (χ3v) is 5.20. The maximum atomic E-state index is 11.6. The summed E-state index contributed by atoms with van der Waals surface area (Å²) in [5.74, 6) is 0.194. The Bertz CT molecular complexity index is 888. The van der Waals surface area contributed by atoms with Gasteiger partial charge in [-0.3, -0.25) is 0 Å². The zero-order valence-corrected chi connectivity index (χ0v) is 18.6. The van der Waals surface area contributed by atoms with E-state index in [2.05, 4.69) is 26.5 Å². The van der Waals surface area contributed by atoms with E-state index in [9.17, 15) is 4.79 Å². The molecule has 0 radical (unpaired) electrons. The van der Waals surface area contributed by atoms with Gasteiger partial charge in [0.1, 0.15) is 11.5 Å². The molecule has 2 aromatic rings. The van der Waals surface area contributed by atoms with Crippen LogP contribution in [0.4, 0.5) is 0 Å². The molecule has 0 unspecified atom stereocenters. The van der Waals surface area contributed by atoms with Crippen LogP contribution in [0.1, 0.15) is 65.4 Å². The van der Waals surface area contributed by atoms with Gasteiger partial charge in [0.05, 0.1) is 13.2 Å². The zero-order valence-electron chi connectivity index (χ0n) is 17.1. The van der Waals surface area contributed by atoms with Crippen LogP contribution in [-0.2, 0) is 35.2 Å². The Morgan fingerprint density at radius 1 is 0.833 bits per heavy atom. The lowest BCUT2D eigenvalue weighted by Gasteiger charge is -2.10. The Morgan fingerprint density at radius 2 is 1.33 bits per heavy atom. The molecular weight excluding hydrogens is 427 g/mol. The first-order valence-corrected chi connectivity index (χ1v) is 10.8. The van der Waals surface area contributed by atoms with Gasteiger partial charge in [0, 0.05) is 22.5 Å². The number of fused-ring (bicyclic) bond motifs is 2. The normalized spacial score (nSPS) is 13.7. The smallest absolute Gasteiger partial charge is 0.357 e. The molecule has 9 heteroatoms. The molecule has 0 atom stereocenters. The number of halogens is 2. The lowest BCUT2D eigenvalue weighted by molar-refractivity contribution is 0.0518. The van der Waals surface area contributed by atoms with E-state index in [1.54, 1.807) is 6.92 Å². The van der Waals surface area contributed by atoms with Crippen molar-refractivity contribution >= 4 is 34.9 Å². The molecule has 2 aliphatic rings. The van der Waals surface area contributed by atoms with Gasteiger partial charge in [0.2, 0.25) is 10.6 Å². The predicted molar refractivity (Wildman–Crippen MR) is 115 cm³/mol. The van der Waals surface area contributed by atoms with Gasteiger partial charge in [-0.25, -0.2) is 24.7 Å². The fourth-order valence-corrected chi connectivity index (χ4v) is 4.02. The molecule has 0 bridgehead atoms. The van der Waals surface area contributed by atoms with Crippen LogP contribution >= 0.6 is 23.2 Å². The van der Waals surface area contributed by atoms with Crippen LogP contribution in [0, 0.1) is 0 Å². The highest BCUT2D eigenvalue weighted by atomic mass is 35.5. The molecular formula is C21H24Cl2N4O3. The molecule has 0 amide bonds. The van der Waals surface area contributed by atoms with Crippen molar-refractivity contribution in [3.05, 3.63) is 51.0 Å². The molecule has 2 heterocycles. The monoisotopic (exact) mass is 450 g/mol. The fourth-order valence-electron chi connectivity index (χ4n) is 3.65. The average Bonchev–Trinajstić information content (AvgIpc) is 3.36. The highest BCUT2D eigenvalue weighted by molar-refractivity contribution is 6.28. The SMILES string of the molecule is C=C(OCC)c1nc(Cl)nc2c1CCC2.CCOC(=O)c1nc(Cl)nc2c1CCC2. The van der Waals surface area contributed by atoms with Crippen molar-refractivity contribution in [2.45, 2.75) is 52.4 Å². The standard InChI is InChI=1S/C11H13ClN2O.C10H11ClN2O2/c1-3-15-7(2)10-8-5-4-6-9(8)13-11(12)14-10;1-2-15-9(14)8-6-4-3-5-7(6)12-10(11)13-8/h2-6H2,1H3;2-5H2,1H3. The number of ether oxygens (including phenoxy) is 2. The van der Waals surface area contributed by atoms with Crippen LogP contribution < -0.4 is 0 Å². The van der Waals surface area contributed by atoms with Gasteiger partial charge in [0.25, 0.3) is 0 Å². The molecule has 2 aliphatic carbocycles. The summed E-state index contributed by atoms with van der Waals surface area (Å²) in [7, 11) is 0. The topological polar surface area (TPSA) is 87.1 Å². The zero-order chi connectivity index (χ0) is 21.7. The van der Waals surface area contributed by atoms with Gasteiger partial charge in [-0.05, 0) is 75.6 Å². The second-order valence-electron chi connectivity index (χ2n) is 6.82. The Kier molecular flexibility index (Phi) is 7.61. The molecule has 0 aliphatic heterocycles. The fraction of sp³-hybridized carbons (Fsp3) is 0.476. The minimum Gasteiger partial charge on any atom is -0.492 e. The summed E-state index contributed by atoms with van der Waals surface area (Å²) in [6.07, 6.45) is 5.77. The van der Waals surface area contributed by atoms with Crippen molar-refractivity contribution in [2.75, 3.05) is 13.2 Å². The van der Waals surface area contributed by atoms with E-state index in [0.717, 1.165) is 66.7 Å². The Hall–Kier alpha value is -2.25. The van der Waals surface area contributed by atoms with Gasteiger partial charge in [0.15, 0.2) is 5.69 Å². The minimum atomic E-state index is -0.403. The lowest BCUT2D eigenvalue weighted by Crippen LogP contribution is -2.12. The number of nitrogens with zero attached hydrogens (tertiary/aromatic N) is 4. The van der Waals surface area contributed by atoms with Gasteiger partial charge in [-0.2, -0.15) is 0 Å². The largest absolute Gasteiger partial charge is 0.492 e. The van der Waals surface area contributed by atoms with Crippen molar-refractivity contribution in [1.82, 2.24) is 19.9 Å². The summed E-state index contributed by atoms with van der Waals surface area (Å²) in [4.78, 5) is 28.0. The molecule has 4 rings (SSSR count). The van der Waals surface area contributed by atoms with Gasteiger partial charge in [-0.15, -0.1) is 0 Å². The summed E-state index contributed by atoms with van der Waals surface area (Å²) in [5, 5.41) is 0.408. The van der Waals surface area contributed by atoms with E-state index in [0.29, 0.717) is 24.7 Å². The second kappa shape index (κ2) is 10.2. The van der Waals surface area contributed by atoms with Crippen LogP contribution in [0.2, 0.25) is 10.6 Å². The number of hydrogen-bond donors (Lipinski definition) is 0. The number of hydrogen-bond acceptors (Lipinski definition) is 7. The molecule has 0 spiro atoms. The first-order chi connectivity index (χ1) is 14.4. The molecule has 0 saturated carbocycles. The number of aryl methyl sites for hydroxylation is 2. The van der Waals surface area contributed by atoms with Crippen molar-refractivity contribution < 1.29 is 14.3 Å². The van der Waals surface area contributed by atoms with Crippen LogP contribution in [0.3, 0.4) is 0 Å². The Balaban J connectivity index is 0.000000171. The van der Waals surface area contributed by atoms with Crippen molar-refractivity contribution in [1.29, 1.82) is 0 Å². The summed E-state index contributed by atoms with van der Waals surface area (Å²) in [6, 6.07) is 0. The van der Waals surface area contributed by atoms with E-state index < -0.39 is 5.97 Å². The van der Waals surface area contributed by atoms with Crippen molar-refractivity contribution in [3.63, 3.8) is 0 Å². The summed E-state index contributed by atoms with van der Waals surface area (Å²) < 4.78 is 10.3. The van der Waals surface area contributed by atoms with Crippen LogP contribution in [-0.4, -0.2) is 39.1 Å². The third-order valence-electron chi connectivity index (χ3n) is 4.86. The lowest BCUT2D eigenvalue weighted by atomic mass is 10.1. The third kappa shape index (κ3) is 5.08. The molecule has 0 fully saturated rings. The summed E-state index contributed by atoms with van der Waals surface area (Å²) in [5.41, 5.74) is 5.10. The maximum Gasteiger partial charge on any atom is 0.357 e. The first-order valence-electron chi connectivity index (χ1n) is 10.0. The highest BCUT2D eigenvalue weighted by Crippen LogP contribution is 2.28. The molecule has 0 N–H and O–H groups in total. The van der Waals surface area contributed by atoms with E-state index in [-0.39, 0.29) is 10.6 Å². The molecule has 0 saturated heterocycles. The van der Waals surface area contributed by atoms with E-state index in [4.69, 9.17) is 32.7 Å². The molecule has 7 nitrogen and oxygen atoms in total. The second-order valence-corrected chi connectivity index (χ2v) is 7.49. The van der Waals surface area contributed by atoms with E-state index >= 15 is 0 Å². The quantitative estimate of drug-likeness (QED) is 0.378. The Labute approximate surface area is 185 Å². The van der Waals surface area contributed by atoms with Crippen molar-refractivity contribution in [3.8, 4) is 0 Å². The summed E-state index contributed by atoms with van der Waals surface area (Å²) >= 11 is 11.6. The van der Waals surface area contributed by atoms with E-state index in [1.807, 2.05) is 6.92 Å². The Morgan fingerprint density at radius 3 is 1.87 bits per heavy atom. The van der Waals surface area contributed by atoms with Crippen LogP contribution in [0.25, 0.3) is 5.76 Å². The molecule has 0 aromatic carbocycles. The molecule has 30 heavy (non-hydrogen) atoms. The number of carbonyl (C=O) groups is 1. The first kappa shape index (κ1) is 22.4.